The fraction of sp³-hybridized carbons (Fsp3) is 0.261. The Bertz CT molecular complexity index is 941. The van der Waals surface area contributed by atoms with Gasteiger partial charge in [0.25, 0.3) is 0 Å². The first-order valence-electron chi connectivity index (χ1n) is 8.78. The molecule has 0 saturated carbocycles. The van der Waals surface area contributed by atoms with Gasteiger partial charge in [-0.1, -0.05) is 62.0 Å². The van der Waals surface area contributed by atoms with Crippen LogP contribution in [0.2, 0.25) is 0 Å². The molecule has 25 heavy (non-hydrogen) atoms. The topological polar surface area (TPSA) is 37.3 Å². The van der Waals surface area contributed by atoms with Crippen LogP contribution in [0.1, 0.15) is 31.4 Å². The summed E-state index contributed by atoms with van der Waals surface area (Å²) in [5.74, 6) is -0.0968. The van der Waals surface area contributed by atoms with Crippen LogP contribution in [0, 0.1) is 5.92 Å². The van der Waals surface area contributed by atoms with Crippen molar-refractivity contribution in [2.75, 3.05) is 0 Å². The van der Waals surface area contributed by atoms with Gasteiger partial charge < -0.3 is 5.11 Å². The lowest BCUT2D eigenvalue weighted by Gasteiger charge is -2.23. The van der Waals surface area contributed by atoms with Crippen molar-refractivity contribution in [2.45, 2.75) is 33.1 Å². The molecule has 0 heterocycles. The number of fused-ring (bicyclic) bond motifs is 5. The molecule has 1 aliphatic rings. The minimum Gasteiger partial charge on any atom is -0.478 e. The molecule has 0 aromatic heterocycles. The van der Waals surface area contributed by atoms with Gasteiger partial charge in [-0.15, -0.1) is 0 Å². The van der Waals surface area contributed by atoms with E-state index in [0.29, 0.717) is 0 Å². The van der Waals surface area contributed by atoms with Crippen molar-refractivity contribution in [1.29, 1.82) is 0 Å². The number of hydrogen-bond acceptors (Lipinski definition) is 1. The van der Waals surface area contributed by atoms with Crippen molar-refractivity contribution in [2.24, 2.45) is 5.92 Å². The van der Waals surface area contributed by atoms with Crippen LogP contribution in [-0.2, 0) is 17.6 Å². The summed E-state index contributed by atoms with van der Waals surface area (Å²) in [7, 11) is 0. The van der Waals surface area contributed by atoms with Gasteiger partial charge in [0, 0.05) is 5.57 Å². The summed E-state index contributed by atoms with van der Waals surface area (Å²) in [6.07, 6.45) is 3.82. The molecule has 2 nitrogen and oxygen atoms in total. The lowest BCUT2D eigenvalue weighted by Crippen LogP contribution is -2.11. The van der Waals surface area contributed by atoms with Crippen LogP contribution in [0.4, 0.5) is 0 Å². The zero-order valence-corrected chi connectivity index (χ0v) is 14.9. The van der Waals surface area contributed by atoms with Crippen LogP contribution in [-0.4, -0.2) is 11.1 Å². The molecule has 0 saturated heterocycles. The maximum atomic E-state index is 9.60. The van der Waals surface area contributed by atoms with Gasteiger partial charge in [-0.05, 0) is 64.8 Å². The van der Waals surface area contributed by atoms with Gasteiger partial charge in [-0.3, -0.25) is 0 Å². The molecule has 3 aromatic carbocycles. The summed E-state index contributed by atoms with van der Waals surface area (Å²) in [5.41, 5.74) is 3.35. The monoisotopic (exact) mass is 332 g/mol. The zero-order valence-electron chi connectivity index (χ0n) is 14.9. The van der Waals surface area contributed by atoms with Crippen molar-refractivity contribution in [3.05, 3.63) is 71.8 Å². The summed E-state index contributed by atoms with van der Waals surface area (Å²) in [6, 6.07) is 18.0. The number of rotatable bonds is 1. The summed E-state index contributed by atoms with van der Waals surface area (Å²) < 4.78 is 0. The summed E-state index contributed by atoms with van der Waals surface area (Å²) in [6.45, 7) is 6.97. The van der Waals surface area contributed by atoms with Gasteiger partial charge in [0.1, 0.15) is 0 Å². The summed E-state index contributed by atoms with van der Waals surface area (Å²) in [5, 5.41) is 13.5. The zero-order chi connectivity index (χ0) is 18.0. The van der Waals surface area contributed by atoms with Crippen molar-refractivity contribution >= 4 is 27.5 Å². The highest BCUT2D eigenvalue weighted by atomic mass is 16.4. The third kappa shape index (κ3) is 3.58. The van der Waals surface area contributed by atoms with Gasteiger partial charge in [0.2, 0.25) is 0 Å². The Morgan fingerprint density at radius 1 is 1.04 bits per heavy atom. The van der Waals surface area contributed by atoms with Crippen LogP contribution >= 0.6 is 0 Å². The lowest BCUT2D eigenvalue weighted by molar-refractivity contribution is -0.132. The largest absolute Gasteiger partial charge is 0.478 e. The van der Waals surface area contributed by atoms with Crippen molar-refractivity contribution in [3.63, 3.8) is 0 Å². The summed E-state index contributed by atoms with van der Waals surface area (Å²) in [4.78, 5) is 9.60. The Hall–Kier alpha value is -2.61. The maximum absolute atomic E-state index is 9.60. The van der Waals surface area contributed by atoms with E-state index in [-0.39, 0.29) is 5.57 Å². The van der Waals surface area contributed by atoms with Crippen LogP contribution in [0.15, 0.2) is 60.7 Å². The number of carboxylic acid groups (broad SMARTS) is 1. The average Bonchev–Trinajstić information content (AvgIpc) is 2.61. The first kappa shape index (κ1) is 17.2. The first-order valence-corrected chi connectivity index (χ1v) is 8.78. The number of carboxylic acids is 1. The van der Waals surface area contributed by atoms with E-state index >= 15 is 0 Å². The number of aliphatic carboxylic acids is 1. The van der Waals surface area contributed by atoms with Gasteiger partial charge >= 0.3 is 5.97 Å². The van der Waals surface area contributed by atoms with Gasteiger partial charge in [-0.2, -0.15) is 0 Å². The fourth-order valence-electron chi connectivity index (χ4n) is 3.55. The normalized spacial score (nSPS) is 16.0. The first-order chi connectivity index (χ1) is 12.0. The minimum atomic E-state index is -0.935. The molecule has 1 N–H and O–H groups in total. The molecule has 0 spiro atoms. The Balaban J connectivity index is 0.000000265. The average molecular weight is 332 g/mol. The Morgan fingerprint density at radius 2 is 1.72 bits per heavy atom. The van der Waals surface area contributed by atoms with E-state index in [2.05, 4.69) is 62.0 Å². The predicted molar refractivity (Wildman–Crippen MR) is 105 cm³/mol. The molecule has 0 radical (unpaired) electrons. The number of benzene rings is 3. The van der Waals surface area contributed by atoms with Crippen LogP contribution in [0.25, 0.3) is 21.5 Å². The molecule has 0 amide bonds. The highest BCUT2D eigenvalue weighted by molar-refractivity contribution is 6.08. The van der Waals surface area contributed by atoms with Crippen molar-refractivity contribution in [1.82, 2.24) is 0 Å². The number of carbonyl (C=O) groups is 1. The van der Waals surface area contributed by atoms with E-state index in [1.54, 1.807) is 11.1 Å². The van der Waals surface area contributed by atoms with Gasteiger partial charge in [-0.25, -0.2) is 4.79 Å². The van der Waals surface area contributed by atoms with Gasteiger partial charge in [0.15, 0.2) is 0 Å². The summed E-state index contributed by atoms with van der Waals surface area (Å²) >= 11 is 0. The highest BCUT2D eigenvalue weighted by Crippen LogP contribution is 2.34. The predicted octanol–water partition coefficient (Wildman–Crippen LogP) is 5.76. The Morgan fingerprint density at radius 3 is 2.44 bits per heavy atom. The van der Waals surface area contributed by atoms with E-state index in [4.69, 9.17) is 5.11 Å². The lowest BCUT2D eigenvalue weighted by atomic mass is 9.82. The Kier molecular flexibility index (Phi) is 4.89. The minimum absolute atomic E-state index is 0.176. The molecule has 128 valence electrons. The quantitative estimate of drug-likeness (QED) is 0.454. The van der Waals surface area contributed by atoms with E-state index < -0.39 is 5.97 Å². The van der Waals surface area contributed by atoms with Gasteiger partial charge in [0.05, 0.1) is 0 Å². The number of aryl methyl sites for hydroxylation is 1. The van der Waals surface area contributed by atoms with Crippen molar-refractivity contribution < 1.29 is 9.90 Å². The maximum Gasteiger partial charge on any atom is 0.330 e. The van der Waals surface area contributed by atoms with E-state index in [9.17, 15) is 4.79 Å². The molecule has 0 fully saturated rings. The SMILES string of the molecule is C=C(C)C(=O)O.CC1CCc2c(ccc3c2ccc2ccccc23)C1. The second kappa shape index (κ2) is 7.10. The second-order valence-corrected chi connectivity index (χ2v) is 7.02. The highest BCUT2D eigenvalue weighted by Gasteiger charge is 2.17. The van der Waals surface area contributed by atoms with E-state index in [0.717, 1.165) is 5.92 Å². The molecule has 1 atom stereocenters. The third-order valence-electron chi connectivity index (χ3n) is 4.96. The third-order valence-corrected chi connectivity index (χ3v) is 4.96. The van der Waals surface area contributed by atoms with E-state index in [1.165, 1.54) is 47.7 Å². The molecule has 0 aliphatic heterocycles. The molecular formula is C23H24O2. The molecule has 0 bridgehead atoms. The van der Waals surface area contributed by atoms with E-state index in [1.807, 2.05) is 0 Å². The van der Waals surface area contributed by atoms with Crippen LogP contribution in [0.5, 0.6) is 0 Å². The molecule has 3 aromatic rings. The second-order valence-electron chi connectivity index (χ2n) is 7.02. The smallest absolute Gasteiger partial charge is 0.330 e. The molecule has 1 aliphatic carbocycles. The molecule has 2 heteroatoms. The fourth-order valence-corrected chi connectivity index (χ4v) is 3.55. The molecule has 1 unspecified atom stereocenters. The van der Waals surface area contributed by atoms with Crippen LogP contribution in [0.3, 0.4) is 0 Å². The number of hydrogen-bond donors (Lipinski definition) is 1. The van der Waals surface area contributed by atoms with Crippen LogP contribution < -0.4 is 0 Å². The van der Waals surface area contributed by atoms with Crippen molar-refractivity contribution in [3.8, 4) is 0 Å². The molecule has 4 rings (SSSR count). The standard InChI is InChI=1S/C19H18.C4H6O2/c1-13-6-9-17-15(12-13)8-11-18-16-5-3-2-4-14(16)7-10-19(17)18;1-3(2)4(5)6/h2-5,7-8,10-11,13H,6,9,12H2,1H3;1H2,2H3,(H,5,6). The molecular weight excluding hydrogens is 308 g/mol. The Labute approximate surface area is 148 Å².